The fourth-order valence-corrected chi connectivity index (χ4v) is 2.61. The summed E-state index contributed by atoms with van der Waals surface area (Å²) in [5, 5.41) is 13.1. The zero-order chi connectivity index (χ0) is 15.4. The second kappa shape index (κ2) is 6.58. The Hall–Kier alpha value is -2.08. The van der Waals surface area contributed by atoms with Crippen LogP contribution in [0.2, 0.25) is 0 Å². The van der Waals surface area contributed by atoms with E-state index in [9.17, 15) is 14.7 Å². The summed E-state index contributed by atoms with van der Waals surface area (Å²) in [6, 6.07) is 4.76. The first kappa shape index (κ1) is 15.3. The van der Waals surface area contributed by atoms with Gasteiger partial charge in [-0.25, -0.2) is 0 Å². The van der Waals surface area contributed by atoms with Crippen molar-refractivity contribution in [1.82, 2.24) is 10.2 Å². The summed E-state index contributed by atoms with van der Waals surface area (Å²) < 4.78 is 0. The van der Waals surface area contributed by atoms with Crippen LogP contribution >= 0.6 is 0 Å². The highest BCUT2D eigenvalue weighted by Crippen LogP contribution is 2.22. The maximum absolute atomic E-state index is 12.7. The molecule has 0 bridgehead atoms. The molecule has 4 N–H and O–H groups in total. The number of nitrogens with zero attached hydrogens (tertiary/aromatic N) is 1. The van der Waals surface area contributed by atoms with Gasteiger partial charge in [0.15, 0.2) is 0 Å². The number of nitrogens with one attached hydrogen (secondary N) is 1. The largest absolute Gasteiger partial charge is 0.507 e. The van der Waals surface area contributed by atoms with E-state index in [1.807, 2.05) is 6.92 Å². The summed E-state index contributed by atoms with van der Waals surface area (Å²) in [6.45, 7) is 3.24. The van der Waals surface area contributed by atoms with Crippen molar-refractivity contribution >= 4 is 11.8 Å². The average molecular weight is 291 g/mol. The zero-order valence-corrected chi connectivity index (χ0v) is 12.1. The molecule has 1 atom stereocenters. The fraction of sp³-hybridized carbons (Fsp3) is 0.467. The molecule has 6 nitrogen and oxygen atoms in total. The third-order valence-electron chi connectivity index (χ3n) is 3.68. The van der Waals surface area contributed by atoms with Gasteiger partial charge in [-0.2, -0.15) is 0 Å². The van der Waals surface area contributed by atoms with Crippen LogP contribution in [0.4, 0.5) is 0 Å². The minimum absolute atomic E-state index is 0.0798. The smallest absolute Gasteiger partial charge is 0.258 e. The molecule has 1 saturated heterocycles. The molecule has 0 aromatic heterocycles. The molecule has 0 saturated carbocycles. The van der Waals surface area contributed by atoms with Crippen LogP contribution in [-0.2, 0) is 4.79 Å². The van der Waals surface area contributed by atoms with Crippen LogP contribution in [0, 0.1) is 6.92 Å². The van der Waals surface area contributed by atoms with Crippen molar-refractivity contribution < 1.29 is 14.7 Å². The van der Waals surface area contributed by atoms with Crippen LogP contribution in [-0.4, -0.2) is 47.5 Å². The SMILES string of the molecule is Cc1ccc(O)c(C(=O)N(CC(N)=O)C2CCCNC2)c1. The number of amides is 2. The van der Waals surface area contributed by atoms with Crippen LogP contribution in [0.25, 0.3) is 0 Å². The molecular weight excluding hydrogens is 270 g/mol. The van der Waals surface area contributed by atoms with E-state index in [0.717, 1.165) is 24.9 Å². The quantitative estimate of drug-likeness (QED) is 0.747. The summed E-state index contributed by atoms with van der Waals surface area (Å²) in [7, 11) is 0. The van der Waals surface area contributed by atoms with Crippen molar-refractivity contribution in [2.75, 3.05) is 19.6 Å². The molecule has 1 aliphatic heterocycles. The minimum Gasteiger partial charge on any atom is -0.507 e. The number of hydrogen-bond acceptors (Lipinski definition) is 4. The number of rotatable bonds is 4. The Bertz CT molecular complexity index is 539. The Labute approximate surface area is 123 Å². The third kappa shape index (κ3) is 3.72. The first-order valence-electron chi connectivity index (χ1n) is 7.08. The van der Waals surface area contributed by atoms with Crippen molar-refractivity contribution in [3.05, 3.63) is 29.3 Å². The summed E-state index contributed by atoms with van der Waals surface area (Å²) >= 11 is 0. The number of phenols is 1. The molecule has 21 heavy (non-hydrogen) atoms. The average Bonchev–Trinajstić information content (AvgIpc) is 2.47. The van der Waals surface area contributed by atoms with E-state index in [1.54, 1.807) is 12.1 Å². The van der Waals surface area contributed by atoms with Gasteiger partial charge in [0, 0.05) is 12.6 Å². The second-order valence-electron chi connectivity index (χ2n) is 5.42. The van der Waals surface area contributed by atoms with E-state index in [1.165, 1.54) is 11.0 Å². The zero-order valence-electron chi connectivity index (χ0n) is 12.1. The van der Waals surface area contributed by atoms with Gasteiger partial charge < -0.3 is 21.1 Å². The van der Waals surface area contributed by atoms with Gasteiger partial charge >= 0.3 is 0 Å². The standard InChI is InChI=1S/C15H21N3O3/c1-10-4-5-13(19)12(7-10)15(21)18(9-14(16)20)11-3-2-6-17-8-11/h4-5,7,11,17,19H,2-3,6,8-9H2,1H3,(H2,16,20). The van der Waals surface area contributed by atoms with Gasteiger partial charge in [-0.15, -0.1) is 0 Å². The Morgan fingerprint density at radius 3 is 2.86 bits per heavy atom. The minimum atomic E-state index is -0.555. The van der Waals surface area contributed by atoms with Crippen molar-refractivity contribution in [2.24, 2.45) is 5.73 Å². The number of primary amides is 1. The molecule has 2 amide bonds. The Morgan fingerprint density at radius 2 is 2.24 bits per heavy atom. The maximum Gasteiger partial charge on any atom is 0.258 e. The highest BCUT2D eigenvalue weighted by atomic mass is 16.3. The van der Waals surface area contributed by atoms with Crippen LogP contribution in [0.1, 0.15) is 28.8 Å². The second-order valence-corrected chi connectivity index (χ2v) is 5.42. The number of piperidine rings is 1. The lowest BCUT2D eigenvalue weighted by Crippen LogP contribution is -2.51. The Kier molecular flexibility index (Phi) is 4.80. The molecule has 0 spiro atoms. The number of carbonyl (C=O) groups excluding carboxylic acids is 2. The number of phenolic OH excluding ortho intramolecular Hbond substituents is 1. The summed E-state index contributed by atoms with van der Waals surface area (Å²) in [4.78, 5) is 25.4. The molecule has 2 rings (SSSR count). The molecule has 114 valence electrons. The molecule has 0 aliphatic carbocycles. The normalized spacial score (nSPS) is 18.2. The Balaban J connectivity index is 2.28. The van der Waals surface area contributed by atoms with Crippen LogP contribution < -0.4 is 11.1 Å². The molecule has 1 unspecified atom stereocenters. The summed E-state index contributed by atoms with van der Waals surface area (Å²) in [5.74, 6) is -0.992. The van der Waals surface area contributed by atoms with Gasteiger partial charge in [0.05, 0.1) is 12.1 Å². The number of hydrogen-bond donors (Lipinski definition) is 3. The van der Waals surface area contributed by atoms with Crippen molar-refractivity contribution in [3.8, 4) is 5.75 Å². The molecule has 1 aliphatic rings. The first-order chi connectivity index (χ1) is 9.99. The van der Waals surface area contributed by atoms with Crippen LogP contribution in [0.15, 0.2) is 18.2 Å². The highest BCUT2D eigenvalue weighted by Gasteiger charge is 2.28. The van der Waals surface area contributed by atoms with E-state index < -0.39 is 5.91 Å². The van der Waals surface area contributed by atoms with Crippen molar-refractivity contribution in [3.63, 3.8) is 0 Å². The van der Waals surface area contributed by atoms with Gasteiger partial charge in [0.2, 0.25) is 5.91 Å². The predicted molar refractivity (Wildman–Crippen MR) is 79.0 cm³/mol. The van der Waals surface area contributed by atoms with Crippen LogP contribution in [0.3, 0.4) is 0 Å². The molecule has 1 heterocycles. The number of nitrogens with two attached hydrogens (primary N) is 1. The lowest BCUT2D eigenvalue weighted by Gasteiger charge is -2.34. The third-order valence-corrected chi connectivity index (χ3v) is 3.68. The van der Waals surface area contributed by atoms with Gasteiger partial charge in [-0.05, 0) is 38.4 Å². The molecule has 1 fully saturated rings. The number of aromatic hydroxyl groups is 1. The molecular formula is C15H21N3O3. The van der Waals surface area contributed by atoms with E-state index in [4.69, 9.17) is 5.73 Å². The highest BCUT2D eigenvalue weighted by molar-refractivity contribution is 5.99. The topological polar surface area (TPSA) is 95.7 Å². The van der Waals surface area contributed by atoms with E-state index in [2.05, 4.69) is 5.32 Å². The lowest BCUT2D eigenvalue weighted by molar-refractivity contribution is -0.119. The summed E-state index contributed by atoms with van der Waals surface area (Å²) in [5.41, 5.74) is 6.35. The monoisotopic (exact) mass is 291 g/mol. The van der Waals surface area contributed by atoms with Gasteiger partial charge in [0.1, 0.15) is 5.75 Å². The molecule has 1 aromatic rings. The predicted octanol–water partition coefficient (Wildman–Crippen LogP) is 0.380. The summed E-state index contributed by atoms with van der Waals surface area (Å²) in [6.07, 6.45) is 1.76. The van der Waals surface area contributed by atoms with Crippen LogP contribution in [0.5, 0.6) is 5.75 Å². The Morgan fingerprint density at radius 1 is 1.48 bits per heavy atom. The lowest BCUT2D eigenvalue weighted by atomic mass is 10.0. The van der Waals surface area contributed by atoms with Gasteiger partial charge in [-0.1, -0.05) is 11.6 Å². The van der Waals surface area contributed by atoms with Gasteiger partial charge in [0.25, 0.3) is 5.91 Å². The first-order valence-corrected chi connectivity index (χ1v) is 7.08. The van der Waals surface area contributed by atoms with Gasteiger partial charge in [-0.3, -0.25) is 9.59 Å². The number of benzene rings is 1. The molecule has 6 heteroatoms. The van der Waals surface area contributed by atoms with E-state index in [-0.39, 0.29) is 29.8 Å². The van der Waals surface area contributed by atoms with E-state index in [0.29, 0.717) is 6.54 Å². The van der Waals surface area contributed by atoms with Crippen molar-refractivity contribution in [2.45, 2.75) is 25.8 Å². The number of aryl methyl sites for hydroxylation is 1. The molecule has 0 radical (unpaired) electrons. The molecule has 1 aromatic carbocycles. The maximum atomic E-state index is 12.7. The van der Waals surface area contributed by atoms with Crippen molar-refractivity contribution in [1.29, 1.82) is 0 Å². The number of carbonyl (C=O) groups is 2. The van der Waals surface area contributed by atoms with E-state index >= 15 is 0 Å². The fourth-order valence-electron chi connectivity index (χ4n) is 2.61.